The van der Waals surface area contributed by atoms with Gasteiger partial charge in [-0.25, -0.2) is 0 Å². The molecule has 0 radical (unpaired) electrons. The molecule has 5 heteroatoms. The monoisotopic (exact) mass is 225 g/mol. The summed E-state index contributed by atoms with van der Waals surface area (Å²) >= 11 is 0. The van der Waals surface area contributed by atoms with Gasteiger partial charge in [0.15, 0.2) is 0 Å². The first-order valence-corrected chi connectivity index (χ1v) is 4.95. The molecule has 0 aliphatic carbocycles. The minimum absolute atomic E-state index is 0.0155. The van der Waals surface area contributed by atoms with E-state index in [0.717, 1.165) is 0 Å². The molecule has 0 aromatic carbocycles. The molecule has 0 bridgehead atoms. The number of hydrogen-bond donors (Lipinski definition) is 0. The van der Waals surface area contributed by atoms with Crippen molar-refractivity contribution in [1.82, 2.24) is 4.90 Å². The quantitative estimate of drug-likeness (QED) is 0.505. The Labute approximate surface area is 101 Å². The van der Waals surface area contributed by atoms with E-state index in [1.165, 1.54) is 6.08 Å². The fourth-order valence-electron chi connectivity index (χ4n) is 1.01. The van der Waals surface area contributed by atoms with Gasteiger partial charge in [-0.2, -0.15) is 21.0 Å². The Morgan fingerprint density at radius 1 is 0.941 bits per heavy atom. The van der Waals surface area contributed by atoms with Crippen LogP contribution in [-0.4, -0.2) is 18.0 Å². The highest BCUT2D eigenvalue weighted by Crippen LogP contribution is 1.97. The zero-order valence-electron chi connectivity index (χ0n) is 9.30. The van der Waals surface area contributed by atoms with Gasteiger partial charge in [0.05, 0.1) is 25.0 Å². The molecule has 0 aromatic heterocycles. The van der Waals surface area contributed by atoms with Crippen LogP contribution in [-0.2, 0) is 0 Å². The molecule has 0 amide bonds. The summed E-state index contributed by atoms with van der Waals surface area (Å²) in [5, 5.41) is 33.9. The Kier molecular flexibility index (Phi) is 8.19. The van der Waals surface area contributed by atoms with E-state index in [9.17, 15) is 0 Å². The average Bonchev–Trinajstić information content (AvgIpc) is 2.37. The SMILES string of the molecule is N#CCCN(C=CC=C(C#N)C#N)CCC#N. The van der Waals surface area contributed by atoms with Crippen molar-refractivity contribution in [2.24, 2.45) is 0 Å². The number of nitrogens with zero attached hydrogens (tertiary/aromatic N) is 5. The first-order valence-electron chi connectivity index (χ1n) is 4.95. The summed E-state index contributed by atoms with van der Waals surface area (Å²) in [7, 11) is 0. The molecule has 17 heavy (non-hydrogen) atoms. The van der Waals surface area contributed by atoms with E-state index in [1.807, 2.05) is 12.1 Å². The molecule has 0 fully saturated rings. The Bertz CT molecular complexity index is 413. The fraction of sp³-hybridized carbons (Fsp3) is 0.333. The smallest absolute Gasteiger partial charge is 0.129 e. The molecule has 0 unspecified atom stereocenters. The molecule has 0 aromatic rings. The first-order chi connectivity index (χ1) is 8.28. The van der Waals surface area contributed by atoms with Gasteiger partial charge >= 0.3 is 0 Å². The maximum atomic E-state index is 8.50. The molecule has 0 spiro atoms. The predicted molar refractivity (Wildman–Crippen MR) is 60.5 cm³/mol. The summed E-state index contributed by atoms with van der Waals surface area (Å²) < 4.78 is 0. The van der Waals surface area contributed by atoms with Crippen LogP contribution in [0.5, 0.6) is 0 Å². The Hall–Kier alpha value is -2.76. The molecule has 0 saturated heterocycles. The van der Waals surface area contributed by atoms with Crippen molar-refractivity contribution in [2.75, 3.05) is 13.1 Å². The van der Waals surface area contributed by atoms with Crippen LogP contribution in [0.15, 0.2) is 23.9 Å². The largest absolute Gasteiger partial charge is 0.375 e. The van der Waals surface area contributed by atoms with E-state index in [-0.39, 0.29) is 5.57 Å². The van der Waals surface area contributed by atoms with E-state index >= 15 is 0 Å². The van der Waals surface area contributed by atoms with Crippen LogP contribution in [0.4, 0.5) is 0 Å². The van der Waals surface area contributed by atoms with Crippen molar-refractivity contribution >= 4 is 0 Å². The van der Waals surface area contributed by atoms with Crippen LogP contribution >= 0.6 is 0 Å². The number of nitriles is 4. The maximum absolute atomic E-state index is 8.50. The molecule has 0 saturated carbocycles. The molecule has 0 N–H and O–H groups in total. The van der Waals surface area contributed by atoms with Gasteiger partial charge in [0.2, 0.25) is 0 Å². The van der Waals surface area contributed by atoms with E-state index < -0.39 is 0 Å². The van der Waals surface area contributed by atoms with Gasteiger partial charge in [0, 0.05) is 13.1 Å². The van der Waals surface area contributed by atoms with Crippen LogP contribution in [0.25, 0.3) is 0 Å². The molecule has 0 aliphatic rings. The minimum Gasteiger partial charge on any atom is -0.375 e. The lowest BCUT2D eigenvalue weighted by molar-refractivity contribution is 0.393. The second-order valence-electron chi connectivity index (χ2n) is 3.00. The van der Waals surface area contributed by atoms with Crippen LogP contribution in [0.1, 0.15) is 12.8 Å². The molecule has 0 heterocycles. The van der Waals surface area contributed by atoms with Gasteiger partial charge in [-0.05, 0) is 18.4 Å². The Morgan fingerprint density at radius 3 is 1.88 bits per heavy atom. The molecular weight excluding hydrogens is 214 g/mol. The van der Waals surface area contributed by atoms with Crippen molar-refractivity contribution in [2.45, 2.75) is 12.8 Å². The van der Waals surface area contributed by atoms with Crippen LogP contribution in [0.2, 0.25) is 0 Å². The first kappa shape index (κ1) is 14.2. The average molecular weight is 225 g/mol. The molecular formula is C12H11N5. The summed E-state index contributed by atoms with van der Waals surface area (Å²) in [6, 6.07) is 7.51. The van der Waals surface area contributed by atoms with Crippen molar-refractivity contribution in [1.29, 1.82) is 21.0 Å². The van der Waals surface area contributed by atoms with E-state index in [1.54, 1.807) is 29.3 Å². The highest BCUT2D eigenvalue weighted by atomic mass is 15.1. The van der Waals surface area contributed by atoms with Crippen molar-refractivity contribution < 1.29 is 0 Å². The lowest BCUT2D eigenvalue weighted by atomic mass is 10.3. The van der Waals surface area contributed by atoms with Crippen molar-refractivity contribution in [3.8, 4) is 24.3 Å². The number of rotatable bonds is 6. The number of allylic oxidation sites excluding steroid dienone is 3. The van der Waals surface area contributed by atoms with Gasteiger partial charge in [0.1, 0.15) is 17.7 Å². The van der Waals surface area contributed by atoms with Gasteiger partial charge in [-0.15, -0.1) is 0 Å². The zero-order chi connectivity index (χ0) is 12.9. The third-order valence-electron chi connectivity index (χ3n) is 1.82. The maximum Gasteiger partial charge on any atom is 0.129 e. The fourth-order valence-corrected chi connectivity index (χ4v) is 1.01. The number of hydrogen-bond acceptors (Lipinski definition) is 5. The summed E-state index contributed by atoms with van der Waals surface area (Å²) in [6.45, 7) is 1.05. The molecule has 84 valence electrons. The van der Waals surface area contributed by atoms with E-state index in [2.05, 4.69) is 0 Å². The molecule has 0 aliphatic heterocycles. The standard InChI is InChI=1S/C12H11N5/c13-5-2-8-17(9-3-6-14)7-1-4-12(10-15)11-16/h1,4,7H,2-3,8-9H2. The van der Waals surface area contributed by atoms with Gasteiger partial charge in [0.25, 0.3) is 0 Å². The summed E-state index contributed by atoms with van der Waals surface area (Å²) in [5.74, 6) is 0. The molecule has 0 rings (SSSR count). The lowest BCUT2D eigenvalue weighted by Crippen LogP contribution is -2.19. The molecule has 0 atom stereocenters. The minimum atomic E-state index is 0.0155. The second kappa shape index (κ2) is 9.78. The normalized spacial score (nSPS) is 8.47. The van der Waals surface area contributed by atoms with Crippen LogP contribution in [0.3, 0.4) is 0 Å². The second-order valence-corrected chi connectivity index (χ2v) is 3.00. The third kappa shape index (κ3) is 7.20. The Morgan fingerprint density at radius 2 is 1.47 bits per heavy atom. The highest BCUT2D eigenvalue weighted by molar-refractivity contribution is 5.37. The van der Waals surface area contributed by atoms with Gasteiger partial charge in [-0.3, -0.25) is 0 Å². The van der Waals surface area contributed by atoms with Crippen molar-refractivity contribution in [3.05, 3.63) is 23.9 Å². The summed E-state index contributed by atoms with van der Waals surface area (Å²) in [4.78, 5) is 1.80. The van der Waals surface area contributed by atoms with E-state index in [4.69, 9.17) is 21.0 Å². The lowest BCUT2D eigenvalue weighted by Gasteiger charge is -2.16. The molecule has 5 nitrogen and oxygen atoms in total. The van der Waals surface area contributed by atoms with Crippen LogP contribution in [0, 0.1) is 45.3 Å². The predicted octanol–water partition coefficient (Wildman–Crippen LogP) is 1.60. The van der Waals surface area contributed by atoms with Crippen LogP contribution < -0.4 is 0 Å². The third-order valence-corrected chi connectivity index (χ3v) is 1.82. The highest BCUT2D eigenvalue weighted by Gasteiger charge is 1.97. The van der Waals surface area contributed by atoms with Gasteiger partial charge < -0.3 is 4.90 Å². The van der Waals surface area contributed by atoms with E-state index in [0.29, 0.717) is 25.9 Å². The zero-order valence-corrected chi connectivity index (χ0v) is 9.30. The van der Waals surface area contributed by atoms with Gasteiger partial charge in [-0.1, -0.05) is 0 Å². The summed E-state index contributed by atoms with van der Waals surface area (Å²) in [5.41, 5.74) is 0.0155. The summed E-state index contributed by atoms with van der Waals surface area (Å²) in [6.07, 6.45) is 5.36. The Balaban J connectivity index is 4.44. The van der Waals surface area contributed by atoms with Crippen molar-refractivity contribution in [3.63, 3.8) is 0 Å². The topological polar surface area (TPSA) is 98.4 Å².